The van der Waals surface area contributed by atoms with Gasteiger partial charge in [0.15, 0.2) is 0 Å². The van der Waals surface area contributed by atoms with Gasteiger partial charge in [0.05, 0.1) is 19.3 Å². The number of ether oxygens (including phenoxy) is 3. The molecule has 0 bridgehead atoms. The monoisotopic (exact) mass is 146 g/mol. The van der Waals surface area contributed by atoms with Crippen molar-refractivity contribution in [2.45, 2.75) is 19.4 Å². The molecule has 1 aliphatic rings. The Morgan fingerprint density at radius 1 is 1.50 bits per heavy atom. The van der Waals surface area contributed by atoms with Crippen LogP contribution < -0.4 is 0 Å². The van der Waals surface area contributed by atoms with Gasteiger partial charge in [-0.25, -0.2) is 0 Å². The highest BCUT2D eigenvalue weighted by Gasteiger charge is 2.11. The number of hydrogen-bond acceptors (Lipinski definition) is 3. The maximum absolute atomic E-state index is 5.36. The molecular formula is C7H14O3. The van der Waals surface area contributed by atoms with Gasteiger partial charge in [0.25, 0.3) is 0 Å². The Labute approximate surface area is 61.3 Å². The Morgan fingerprint density at radius 2 is 2.40 bits per heavy atom. The molecule has 3 nitrogen and oxygen atoms in total. The summed E-state index contributed by atoms with van der Waals surface area (Å²) in [6, 6.07) is 0. The highest BCUT2D eigenvalue weighted by atomic mass is 16.7. The highest BCUT2D eigenvalue weighted by molar-refractivity contribution is 4.57. The minimum atomic E-state index is 0.243. The molecule has 0 aliphatic carbocycles. The second kappa shape index (κ2) is 4.66. The lowest BCUT2D eigenvalue weighted by atomic mass is 10.3. The van der Waals surface area contributed by atoms with Crippen molar-refractivity contribution in [1.29, 1.82) is 0 Å². The third kappa shape index (κ3) is 2.64. The lowest BCUT2D eigenvalue weighted by molar-refractivity contribution is -0.0511. The smallest absolute Gasteiger partial charge is 0.146 e. The van der Waals surface area contributed by atoms with Crippen LogP contribution in [0.3, 0.4) is 0 Å². The Hall–Kier alpha value is -0.120. The zero-order valence-corrected chi connectivity index (χ0v) is 6.34. The number of hydrogen-bond donors (Lipinski definition) is 0. The molecule has 1 atom stereocenters. The number of rotatable bonds is 2. The Kier molecular flexibility index (Phi) is 3.72. The van der Waals surface area contributed by atoms with Crippen LogP contribution in [0.1, 0.15) is 13.3 Å². The minimum absolute atomic E-state index is 0.243. The molecule has 0 amide bonds. The summed E-state index contributed by atoms with van der Waals surface area (Å²) in [5.74, 6) is 0. The molecule has 0 radical (unpaired) electrons. The van der Waals surface area contributed by atoms with E-state index < -0.39 is 0 Å². The zero-order chi connectivity index (χ0) is 7.23. The normalized spacial score (nSPS) is 27.9. The molecule has 1 rings (SSSR count). The fourth-order valence-corrected chi connectivity index (χ4v) is 0.963. The van der Waals surface area contributed by atoms with Gasteiger partial charge in [0.2, 0.25) is 0 Å². The van der Waals surface area contributed by atoms with Crippen LogP contribution in [-0.2, 0) is 14.2 Å². The van der Waals surface area contributed by atoms with E-state index in [-0.39, 0.29) is 6.10 Å². The average Bonchev–Trinajstić information content (AvgIpc) is 2.17. The first-order chi connectivity index (χ1) is 4.93. The van der Waals surface area contributed by atoms with E-state index in [0.717, 1.165) is 19.6 Å². The van der Waals surface area contributed by atoms with E-state index in [4.69, 9.17) is 14.2 Å². The summed E-state index contributed by atoms with van der Waals surface area (Å²) in [5, 5.41) is 0. The van der Waals surface area contributed by atoms with Crippen molar-refractivity contribution in [1.82, 2.24) is 0 Å². The molecule has 0 spiro atoms. The minimum Gasteiger partial charge on any atom is -0.376 e. The van der Waals surface area contributed by atoms with E-state index >= 15 is 0 Å². The maximum Gasteiger partial charge on any atom is 0.146 e. The van der Waals surface area contributed by atoms with Crippen LogP contribution in [-0.4, -0.2) is 32.7 Å². The molecule has 3 heteroatoms. The summed E-state index contributed by atoms with van der Waals surface area (Å²) in [4.78, 5) is 0. The molecule has 0 saturated carbocycles. The van der Waals surface area contributed by atoms with Crippen LogP contribution in [0.4, 0.5) is 0 Å². The summed E-state index contributed by atoms with van der Waals surface area (Å²) in [6.45, 7) is 4.60. The van der Waals surface area contributed by atoms with E-state index in [1.165, 1.54) is 0 Å². The summed E-state index contributed by atoms with van der Waals surface area (Å²) >= 11 is 0. The summed E-state index contributed by atoms with van der Waals surface area (Å²) in [7, 11) is 0. The summed E-state index contributed by atoms with van der Waals surface area (Å²) < 4.78 is 15.5. The van der Waals surface area contributed by atoms with Gasteiger partial charge in [-0.15, -0.1) is 0 Å². The van der Waals surface area contributed by atoms with Gasteiger partial charge in [0, 0.05) is 6.61 Å². The Balaban J connectivity index is 2.15. The molecule has 10 heavy (non-hydrogen) atoms. The van der Waals surface area contributed by atoms with Crippen molar-refractivity contribution in [2.75, 3.05) is 26.6 Å². The van der Waals surface area contributed by atoms with Gasteiger partial charge in [-0.2, -0.15) is 0 Å². The van der Waals surface area contributed by atoms with Crippen molar-refractivity contribution in [3.8, 4) is 0 Å². The molecule has 0 aromatic rings. The largest absolute Gasteiger partial charge is 0.376 e. The van der Waals surface area contributed by atoms with Crippen LogP contribution in [0.5, 0.6) is 0 Å². The second-order valence-electron chi connectivity index (χ2n) is 2.26. The molecule has 0 N–H and O–H groups in total. The summed E-state index contributed by atoms with van der Waals surface area (Å²) in [5.41, 5.74) is 0. The molecule has 1 fully saturated rings. The molecule has 1 heterocycles. The van der Waals surface area contributed by atoms with Gasteiger partial charge < -0.3 is 14.2 Å². The van der Waals surface area contributed by atoms with Crippen molar-refractivity contribution in [3.05, 3.63) is 0 Å². The van der Waals surface area contributed by atoms with Crippen molar-refractivity contribution in [3.63, 3.8) is 0 Å². The molecule has 0 aromatic heterocycles. The third-order valence-corrected chi connectivity index (χ3v) is 1.46. The van der Waals surface area contributed by atoms with Crippen LogP contribution in [0, 0.1) is 0 Å². The molecule has 1 unspecified atom stereocenters. The van der Waals surface area contributed by atoms with Gasteiger partial charge in [0.1, 0.15) is 6.79 Å². The van der Waals surface area contributed by atoms with Gasteiger partial charge in [-0.1, -0.05) is 0 Å². The van der Waals surface area contributed by atoms with Crippen molar-refractivity contribution < 1.29 is 14.2 Å². The van der Waals surface area contributed by atoms with E-state index in [0.29, 0.717) is 13.4 Å². The second-order valence-corrected chi connectivity index (χ2v) is 2.26. The first-order valence-corrected chi connectivity index (χ1v) is 3.70. The third-order valence-electron chi connectivity index (χ3n) is 1.46. The van der Waals surface area contributed by atoms with E-state index in [9.17, 15) is 0 Å². The van der Waals surface area contributed by atoms with Crippen LogP contribution in [0.25, 0.3) is 0 Å². The standard InChI is InChI=1S/C7H14O3/c1-2-10-7-3-4-8-6-9-5-7/h7H,2-6H2,1H3. The lowest BCUT2D eigenvalue weighted by Gasteiger charge is -2.11. The average molecular weight is 146 g/mol. The predicted octanol–water partition coefficient (Wildman–Crippen LogP) is 0.786. The molecule has 0 aromatic carbocycles. The fourth-order valence-electron chi connectivity index (χ4n) is 0.963. The quantitative estimate of drug-likeness (QED) is 0.576. The van der Waals surface area contributed by atoms with Gasteiger partial charge in [-0.05, 0) is 13.3 Å². The first kappa shape index (κ1) is 7.98. The first-order valence-electron chi connectivity index (χ1n) is 3.70. The van der Waals surface area contributed by atoms with E-state index in [1.54, 1.807) is 0 Å². The van der Waals surface area contributed by atoms with Crippen molar-refractivity contribution in [2.24, 2.45) is 0 Å². The zero-order valence-electron chi connectivity index (χ0n) is 6.34. The highest BCUT2D eigenvalue weighted by Crippen LogP contribution is 2.03. The van der Waals surface area contributed by atoms with E-state index in [1.807, 2.05) is 6.92 Å². The van der Waals surface area contributed by atoms with E-state index in [2.05, 4.69) is 0 Å². The predicted molar refractivity (Wildman–Crippen MR) is 36.8 cm³/mol. The summed E-state index contributed by atoms with van der Waals surface area (Å²) in [6.07, 6.45) is 1.20. The van der Waals surface area contributed by atoms with Crippen LogP contribution in [0.2, 0.25) is 0 Å². The van der Waals surface area contributed by atoms with Crippen LogP contribution in [0.15, 0.2) is 0 Å². The van der Waals surface area contributed by atoms with Crippen LogP contribution >= 0.6 is 0 Å². The van der Waals surface area contributed by atoms with Gasteiger partial charge >= 0.3 is 0 Å². The Bertz CT molecular complexity index is 76.9. The molecule has 1 aliphatic heterocycles. The fraction of sp³-hybridized carbons (Fsp3) is 1.00. The molecular weight excluding hydrogens is 132 g/mol. The van der Waals surface area contributed by atoms with Gasteiger partial charge in [-0.3, -0.25) is 0 Å². The molecule has 60 valence electrons. The Morgan fingerprint density at radius 3 is 3.20 bits per heavy atom. The lowest BCUT2D eigenvalue weighted by Crippen LogP contribution is -2.18. The topological polar surface area (TPSA) is 27.7 Å². The SMILES string of the molecule is CCOC1CCOCOC1. The molecule has 1 saturated heterocycles. The van der Waals surface area contributed by atoms with Crippen molar-refractivity contribution >= 4 is 0 Å². The maximum atomic E-state index is 5.36.